The van der Waals surface area contributed by atoms with Gasteiger partial charge < -0.3 is 10.1 Å². The minimum atomic E-state index is -4.68. The highest BCUT2D eigenvalue weighted by atomic mass is 32.2. The van der Waals surface area contributed by atoms with Gasteiger partial charge in [-0.25, -0.2) is 0 Å². The van der Waals surface area contributed by atoms with Gasteiger partial charge in [0.2, 0.25) is 0 Å². The van der Waals surface area contributed by atoms with Crippen molar-refractivity contribution in [2.75, 3.05) is 11.1 Å². The number of halogens is 3. The van der Waals surface area contributed by atoms with E-state index in [4.69, 9.17) is 0 Å². The molecule has 1 heterocycles. The van der Waals surface area contributed by atoms with Crippen LogP contribution >= 0.6 is 11.8 Å². The maximum absolute atomic E-state index is 12.1. The van der Waals surface area contributed by atoms with Crippen LogP contribution in [-0.2, 0) is 0 Å². The molecule has 2 rings (SSSR count). The van der Waals surface area contributed by atoms with Crippen LogP contribution in [0.2, 0.25) is 0 Å². The van der Waals surface area contributed by atoms with Crippen molar-refractivity contribution in [3.05, 3.63) is 24.3 Å². The van der Waals surface area contributed by atoms with Crippen LogP contribution in [0.3, 0.4) is 0 Å². The molecule has 0 bridgehead atoms. The Kier molecular flexibility index (Phi) is 4.47. The summed E-state index contributed by atoms with van der Waals surface area (Å²) >= 11 is 1.57. The Bertz CT molecular complexity index is 503. The van der Waals surface area contributed by atoms with Crippen molar-refractivity contribution >= 4 is 22.6 Å². The van der Waals surface area contributed by atoms with Gasteiger partial charge in [0.25, 0.3) is 0 Å². The first-order valence-corrected chi connectivity index (χ1v) is 7.15. The van der Waals surface area contributed by atoms with Gasteiger partial charge in [-0.1, -0.05) is 31.7 Å². The zero-order chi connectivity index (χ0) is 14.8. The zero-order valence-electron chi connectivity index (χ0n) is 11.1. The Labute approximate surface area is 119 Å². The summed E-state index contributed by atoms with van der Waals surface area (Å²) in [5.41, 5.74) is 0.530. The predicted octanol–water partition coefficient (Wildman–Crippen LogP) is 4.12. The highest BCUT2D eigenvalue weighted by Crippen LogP contribution is 2.28. The summed E-state index contributed by atoms with van der Waals surface area (Å²) in [7, 11) is 0. The largest absolute Gasteiger partial charge is 0.573 e. The van der Waals surface area contributed by atoms with Crippen molar-refractivity contribution in [3.63, 3.8) is 0 Å². The lowest BCUT2D eigenvalue weighted by molar-refractivity contribution is -0.274. The number of hydrogen-bond acceptors (Lipinski definition) is 4. The number of benzene rings is 1. The van der Waals surface area contributed by atoms with E-state index in [0.717, 1.165) is 10.9 Å². The van der Waals surface area contributed by atoms with Crippen LogP contribution in [0.1, 0.15) is 13.8 Å². The number of anilines is 1. The third-order valence-electron chi connectivity index (χ3n) is 2.76. The van der Waals surface area contributed by atoms with Crippen molar-refractivity contribution in [1.29, 1.82) is 0 Å². The summed E-state index contributed by atoms with van der Waals surface area (Å²) in [5, 5.41) is 3.75. The number of hydrogen-bond donors (Lipinski definition) is 1. The van der Waals surface area contributed by atoms with Crippen molar-refractivity contribution < 1.29 is 17.9 Å². The zero-order valence-corrected chi connectivity index (χ0v) is 11.9. The van der Waals surface area contributed by atoms with Crippen LogP contribution in [0.4, 0.5) is 18.9 Å². The van der Waals surface area contributed by atoms with Crippen LogP contribution in [-0.4, -0.2) is 23.3 Å². The molecule has 0 saturated heterocycles. The number of alkyl halides is 3. The molecule has 0 fully saturated rings. The average molecular weight is 304 g/mol. The van der Waals surface area contributed by atoms with E-state index in [9.17, 15) is 13.2 Å². The molecule has 1 aromatic rings. The Hall–Kier alpha value is -1.37. The lowest BCUT2D eigenvalue weighted by atomic mass is 10.1. The van der Waals surface area contributed by atoms with E-state index in [0.29, 0.717) is 11.6 Å². The topological polar surface area (TPSA) is 33.6 Å². The molecular weight excluding hydrogens is 289 g/mol. The van der Waals surface area contributed by atoms with Crippen LogP contribution in [0.15, 0.2) is 29.3 Å². The van der Waals surface area contributed by atoms with Gasteiger partial charge >= 0.3 is 6.36 Å². The Balaban J connectivity index is 2.04. The van der Waals surface area contributed by atoms with Crippen LogP contribution in [0.5, 0.6) is 5.75 Å². The molecule has 7 heteroatoms. The third-order valence-corrected chi connectivity index (χ3v) is 3.75. The van der Waals surface area contributed by atoms with Gasteiger partial charge in [-0.15, -0.1) is 13.2 Å². The molecular formula is C13H15F3N2OS. The SMILES string of the molecule is CC(C)[C@H]1CSC(Nc2cccc(OC(F)(F)F)c2)=N1. The van der Waals surface area contributed by atoms with Crippen LogP contribution in [0.25, 0.3) is 0 Å². The molecule has 0 aliphatic carbocycles. The number of amidine groups is 1. The van der Waals surface area contributed by atoms with Crippen LogP contribution < -0.4 is 10.1 Å². The van der Waals surface area contributed by atoms with E-state index in [1.54, 1.807) is 17.8 Å². The number of rotatable bonds is 3. The summed E-state index contributed by atoms with van der Waals surface area (Å²) in [6.45, 7) is 4.19. The molecule has 1 atom stereocenters. The highest BCUT2D eigenvalue weighted by Gasteiger charge is 2.31. The van der Waals surface area contributed by atoms with Gasteiger partial charge in [0, 0.05) is 17.5 Å². The Morgan fingerprint density at radius 1 is 1.40 bits per heavy atom. The second-order valence-corrected chi connectivity index (χ2v) is 5.77. The lowest BCUT2D eigenvalue weighted by Gasteiger charge is -2.11. The summed E-state index contributed by atoms with van der Waals surface area (Å²) in [4.78, 5) is 4.49. The molecule has 20 heavy (non-hydrogen) atoms. The number of nitrogens with one attached hydrogen (secondary N) is 1. The lowest BCUT2D eigenvalue weighted by Crippen LogP contribution is -2.17. The van der Waals surface area contributed by atoms with Crippen LogP contribution in [0, 0.1) is 5.92 Å². The first-order chi connectivity index (χ1) is 9.33. The first kappa shape index (κ1) is 15.0. The predicted molar refractivity (Wildman–Crippen MR) is 75.3 cm³/mol. The fraction of sp³-hybridized carbons (Fsp3) is 0.462. The van der Waals surface area contributed by atoms with Gasteiger partial charge in [-0.3, -0.25) is 4.99 Å². The first-order valence-electron chi connectivity index (χ1n) is 6.17. The molecule has 0 aromatic heterocycles. The fourth-order valence-electron chi connectivity index (χ4n) is 1.69. The summed E-state index contributed by atoms with van der Waals surface area (Å²) in [5.74, 6) is 1.09. The molecule has 0 unspecified atom stereocenters. The van der Waals surface area contributed by atoms with Crippen molar-refractivity contribution in [2.24, 2.45) is 10.9 Å². The van der Waals surface area contributed by atoms with Gasteiger partial charge in [0.1, 0.15) is 5.75 Å². The maximum atomic E-state index is 12.1. The van der Waals surface area contributed by atoms with Crippen molar-refractivity contribution in [2.45, 2.75) is 26.3 Å². The van der Waals surface area contributed by atoms with E-state index in [2.05, 4.69) is 28.9 Å². The van der Waals surface area contributed by atoms with Crippen molar-refractivity contribution in [3.8, 4) is 5.75 Å². The van der Waals surface area contributed by atoms with E-state index < -0.39 is 6.36 Å². The number of thioether (sulfide) groups is 1. The molecule has 0 radical (unpaired) electrons. The summed E-state index contributed by atoms with van der Waals surface area (Å²) in [6, 6.07) is 5.99. The molecule has 0 spiro atoms. The molecule has 1 N–H and O–H groups in total. The minimum Gasteiger partial charge on any atom is -0.406 e. The molecule has 3 nitrogen and oxygen atoms in total. The molecule has 110 valence electrons. The normalized spacial score (nSPS) is 19.1. The molecule has 0 amide bonds. The van der Waals surface area contributed by atoms with Crippen molar-refractivity contribution in [1.82, 2.24) is 0 Å². The second kappa shape index (κ2) is 5.95. The summed E-state index contributed by atoms with van der Waals surface area (Å²) in [6.07, 6.45) is -4.68. The Morgan fingerprint density at radius 2 is 2.15 bits per heavy atom. The van der Waals surface area contributed by atoms with Gasteiger partial charge in [-0.05, 0) is 18.1 Å². The number of nitrogens with zero attached hydrogens (tertiary/aromatic N) is 1. The molecule has 0 saturated carbocycles. The van der Waals surface area contributed by atoms with E-state index in [1.807, 2.05) is 0 Å². The summed E-state index contributed by atoms with van der Waals surface area (Å²) < 4.78 is 40.3. The minimum absolute atomic E-state index is 0.244. The molecule has 1 aliphatic heterocycles. The number of ether oxygens (including phenoxy) is 1. The smallest absolute Gasteiger partial charge is 0.406 e. The monoisotopic (exact) mass is 304 g/mol. The highest BCUT2D eigenvalue weighted by molar-refractivity contribution is 8.14. The molecule has 1 aromatic carbocycles. The standard InChI is InChI=1S/C13H15F3N2OS/c1-8(2)11-7-20-12(18-11)17-9-4-3-5-10(6-9)19-13(14,15)16/h3-6,8,11H,7H2,1-2H3,(H,17,18)/t11-/m1/s1. The number of aliphatic imine (C=N–C) groups is 1. The van der Waals surface area contributed by atoms with E-state index >= 15 is 0 Å². The third kappa shape index (κ3) is 4.33. The maximum Gasteiger partial charge on any atom is 0.573 e. The van der Waals surface area contributed by atoms with Gasteiger partial charge in [0.05, 0.1) is 6.04 Å². The Morgan fingerprint density at radius 3 is 2.75 bits per heavy atom. The quantitative estimate of drug-likeness (QED) is 0.912. The average Bonchev–Trinajstić information content (AvgIpc) is 2.75. The fourth-order valence-corrected chi connectivity index (χ4v) is 2.88. The van der Waals surface area contributed by atoms with E-state index in [-0.39, 0.29) is 11.8 Å². The second-order valence-electron chi connectivity index (χ2n) is 4.76. The van der Waals surface area contributed by atoms with Gasteiger partial charge in [0.15, 0.2) is 5.17 Å². The van der Waals surface area contributed by atoms with Gasteiger partial charge in [-0.2, -0.15) is 0 Å². The molecule has 1 aliphatic rings. The van der Waals surface area contributed by atoms with E-state index in [1.165, 1.54) is 18.2 Å².